The molecule has 0 spiro atoms. The first kappa shape index (κ1) is 17.5. The first-order chi connectivity index (χ1) is 11.3. The van der Waals surface area contributed by atoms with Crippen LogP contribution in [-0.2, 0) is 9.47 Å². The van der Waals surface area contributed by atoms with Crippen LogP contribution in [0, 0.1) is 0 Å². The third kappa shape index (κ3) is 6.42. The molecule has 1 aliphatic heterocycles. The predicted octanol–water partition coefficient (Wildman–Crippen LogP) is 1.51. The molecule has 1 fully saturated rings. The summed E-state index contributed by atoms with van der Waals surface area (Å²) in [5.41, 5.74) is 0. The Morgan fingerprint density at radius 3 is 2.96 bits per heavy atom. The third-order valence-corrected chi connectivity index (χ3v) is 3.40. The standard InChI is InChI=1S/C16H25N3O4/c1-2-10-23-16(18-15(20)14-5-3-11-22-14)17-6-4-7-19-8-12-21-13-9-19/h3,5,11H,2,4,6-10,12-13H2,1H3,(H,17,18,20). The first-order valence-electron chi connectivity index (χ1n) is 8.12. The number of rotatable bonds is 7. The van der Waals surface area contributed by atoms with Gasteiger partial charge in [-0.05, 0) is 25.0 Å². The molecule has 0 aromatic carbocycles. The summed E-state index contributed by atoms with van der Waals surface area (Å²) in [6, 6.07) is 3.53. The highest BCUT2D eigenvalue weighted by molar-refractivity contribution is 6.02. The molecule has 0 aliphatic carbocycles. The number of nitrogens with zero attached hydrogens (tertiary/aromatic N) is 2. The summed E-state index contributed by atoms with van der Waals surface area (Å²) in [5.74, 6) is -0.107. The van der Waals surface area contributed by atoms with Gasteiger partial charge in [-0.3, -0.25) is 15.0 Å². The molecule has 2 heterocycles. The molecule has 7 heteroatoms. The van der Waals surface area contributed by atoms with Crippen molar-refractivity contribution in [2.24, 2.45) is 4.99 Å². The second-order valence-corrected chi connectivity index (χ2v) is 5.27. The first-order valence-corrected chi connectivity index (χ1v) is 8.12. The Kier molecular flexibility index (Phi) is 7.62. The second kappa shape index (κ2) is 10.0. The van der Waals surface area contributed by atoms with Crippen LogP contribution >= 0.6 is 0 Å². The Hall–Kier alpha value is -1.86. The SMILES string of the molecule is CCCOC(=NCCCN1CCOCC1)NC(=O)c1ccco1. The maximum absolute atomic E-state index is 12.0. The van der Waals surface area contributed by atoms with Crippen LogP contribution in [0.15, 0.2) is 27.8 Å². The largest absolute Gasteiger partial charge is 0.465 e. The normalized spacial score (nSPS) is 16.3. The monoisotopic (exact) mass is 323 g/mol. The molecule has 23 heavy (non-hydrogen) atoms. The minimum atomic E-state index is -0.349. The summed E-state index contributed by atoms with van der Waals surface area (Å²) >= 11 is 0. The third-order valence-electron chi connectivity index (χ3n) is 3.40. The van der Waals surface area contributed by atoms with E-state index in [2.05, 4.69) is 15.2 Å². The summed E-state index contributed by atoms with van der Waals surface area (Å²) in [7, 11) is 0. The van der Waals surface area contributed by atoms with Crippen molar-refractivity contribution >= 4 is 11.9 Å². The summed E-state index contributed by atoms with van der Waals surface area (Å²) in [6.45, 7) is 7.64. The molecular weight excluding hydrogens is 298 g/mol. The summed E-state index contributed by atoms with van der Waals surface area (Å²) < 4.78 is 15.9. The molecule has 7 nitrogen and oxygen atoms in total. The maximum atomic E-state index is 12.0. The van der Waals surface area contributed by atoms with E-state index >= 15 is 0 Å². The number of morpholine rings is 1. The number of hydrogen-bond donors (Lipinski definition) is 1. The Bertz CT molecular complexity index is 482. The Labute approximate surface area is 136 Å². The molecule has 0 radical (unpaired) electrons. The van der Waals surface area contributed by atoms with Gasteiger partial charge in [0.2, 0.25) is 0 Å². The Morgan fingerprint density at radius 2 is 2.26 bits per heavy atom. The molecule has 0 unspecified atom stereocenters. The number of aliphatic imine (C=N–C) groups is 1. The number of ether oxygens (including phenoxy) is 2. The lowest BCUT2D eigenvalue weighted by Gasteiger charge is -2.26. The van der Waals surface area contributed by atoms with Crippen LogP contribution in [-0.4, -0.2) is 62.8 Å². The summed E-state index contributed by atoms with van der Waals surface area (Å²) in [5, 5.41) is 2.65. The van der Waals surface area contributed by atoms with Gasteiger partial charge in [-0.2, -0.15) is 0 Å². The smallest absolute Gasteiger partial charge is 0.294 e. The van der Waals surface area contributed by atoms with Crippen molar-refractivity contribution in [1.29, 1.82) is 0 Å². The molecular formula is C16H25N3O4. The van der Waals surface area contributed by atoms with Gasteiger partial charge in [0.15, 0.2) is 5.76 Å². The van der Waals surface area contributed by atoms with Crippen molar-refractivity contribution in [3.05, 3.63) is 24.2 Å². The van der Waals surface area contributed by atoms with Crippen LogP contribution in [0.4, 0.5) is 0 Å². The molecule has 1 N–H and O–H groups in total. The van der Waals surface area contributed by atoms with E-state index in [9.17, 15) is 4.79 Å². The van der Waals surface area contributed by atoms with Crippen molar-refractivity contribution in [2.45, 2.75) is 19.8 Å². The van der Waals surface area contributed by atoms with E-state index in [-0.39, 0.29) is 17.7 Å². The minimum absolute atomic E-state index is 0.242. The van der Waals surface area contributed by atoms with Crippen LogP contribution in [0.5, 0.6) is 0 Å². The molecule has 2 rings (SSSR count). The van der Waals surface area contributed by atoms with Crippen LogP contribution in [0.3, 0.4) is 0 Å². The van der Waals surface area contributed by atoms with E-state index in [0.717, 1.165) is 45.7 Å². The molecule has 0 bridgehead atoms. The molecule has 1 aliphatic rings. The Morgan fingerprint density at radius 1 is 1.43 bits per heavy atom. The van der Waals surface area contributed by atoms with E-state index in [0.29, 0.717) is 13.2 Å². The predicted molar refractivity (Wildman–Crippen MR) is 86.6 cm³/mol. The Balaban J connectivity index is 1.77. The quantitative estimate of drug-likeness (QED) is 0.468. The number of amides is 1. The number of carbonyl (C=O) groups is 1. The summed E-state index contributed by atoms with van der Waals surface area (Å²) in [4.78, 5) is 18.7. The van der Waals surface area contributed by atoms with Gasteiger partial charge in [0.05, 0.1) is 26.1 Å². The topological polar surface area (TPSA) is 76.3 Å². The van der Waals surface area contributed by atoms with E-state index in [1.807, 2.05) is 6.92 Å². The van der Waals surface area contributed by atoms with E-state index in [4.69, 9.17) is 13.9 Å². The lowest BCUT2D eigenvalue weighted by molar-refractivity contribution is 0.0377. The van der Waals surface area contributed by atoms with Crippen LogP contribution in [0.2, 0.25) is 0 Å². The van der Waals surface area contributed by atoms with Crippen LogP contribution in [0.25, 0.3) is 0 Å². The van der Waals surface area contributed by atoms with Crippen LogP contribution < -0.4 is 5.32 Å². The molecule has 1 aromatic heterocycles. The second-order valence-electron chi connectivity index (χ2n) is 5.27. The van der Waals surface area contributed by atoms with Crippen LogP contribution in [0.1, 0.15) is 30.3 Å². The van der Waals surface area contributed by atoms with Crippen molar-refractivity contribution in [3.8, 4) is 0 Å². The average Bonchev–Trinajstić information content (AvgIpc) is 3.12. The number of furan rings is 1. The van der Waals surface area contributed by atoms with Gasteiger partial charge in [0.1, 0.15) is 0 Å². The number of amidine groups is 1. The fraction of sp³-hybridized carbons (Fsp3) is 0.625. The van der Waals surface area contributed by atoms with E-state index in [1.54, 1.807) is 12.1 Å². The number of nitrogens with one attached hydrogen (secondary N) is 1. The summed E-state index contributed by atoms with van der Waals surface area (Å²) in [6.07, 6.45) is 3.22. The minimum Gasteiger partial charge on any atom is -0.465 e. The van der Waals surface area contributed by atoms with Gasteiger partial charge in [-0.25, -0.2) is 4.99 Å². The zero-order valence-electron chi connectivity index (χ0n) is 13.6. The van der Waals surface area contributed by atoms with Crippen molar-refractivity contribution in [1.82, 2.24) is 10.2 Å². The van der Waals surface area contributed by atoms with Gasteiger partial charge >= 0.3 is 0 Å². The van der Waals surface area contributed by atoms with Gasteiger partial charge in [0.25, 0.3) is 11.9 Å². The van der Waals surface area contributed by atoms with E-state index in [1.165, 1.54) is 6.26 Å². The fourth-order valence-corrected chi connectivity index (χ4v) is 2.19. The molecule has 1 amide bonds. The molecule has 0 atom stereocenters. The van der Waals surface area contributed by atoms with Gasteiger partial charge in [-0.15, -0.1) is 0 Å². The highest BCUT2D eigenvalue weighted by Gasteiger charge is 2.13. The zero-order chi connectivity index (χ0) is 16.3. The molecule has 1 aromatic rings. The lowest BCUT2D eigenvalue weighted by Crippen LogP contribution is -2.37. The van der Waals surface area contributed by atoms with Gasteiger partial charge < -0.3 is 13.9 Å². The average molecular weight is 323 g/mol. The number of carbonyl (C=O) groups excluding carboxylic acids is 1. The highest BCUT2D eigenvalue weighted by atomic mass is 16.5. The number of hydrogen-bond acceptors (Lipinski definition) is 6. The fourth-order valence-electron chi connectivity index (χ4n) is 2.19. The van der Waals surface area contributed by atoms with Crippen molar-refractivity contribution < 1.29 is 18.7 Å². The van der Waals surface area contributed by atoms with Crippen molar-refractivity contribution in [3.63, 3.8) is 0 Å². The van der Waals surface area contributed by atoms with Gasteiger partial charge in [0, 0.05) is 26.2 Å². The van der Waals surface area contributed by atoms with E-state index < -0.39 is 0 Å². The van der Waals surface area contributed by atoms with Crippen molar-refractivity contribution in [2.75, 3.05) is 46.0 Å². The molecule has 128 valence electrons. The van der Waals surface area contributed by atoms with Gasteiger partial charge in [-0.1, -0.05) is 6.92 Å². The molecule has 0 saturated carbocycles. The zero-order valence-corrected chi connectivity index (χ0v) is 13.6. The molecule has 1 saturated heterocycles. The maximum Gasteiger partial charge on any atom is 0.294 e. The lowest BCUT2D eigenvalue weighted by atomic mass is 10.3. The highest BCUT2D eigenvalue weighted by Crippen LogP contribution is 2.01.